The lowest BCUT2D eigenvalue weighted by Gasteiger charge is -2.12. The third-order valence-electron chi connectivity index (χ3n) is 3.34. The maximum absolute atomic E-state index is 4.33. The first kappa shape index (κ1) is 20.6. The van der Waals surface area contributed by atoms with Crippen molar-refractivity contribution < 1.29 is 0 Å². The number of aromatic nitrogens is 2. The Hall–Kier alpha value is 0.880. The van der Waals surface area contributed by atoms with Gasteiger partial charge in [-0.05, 0) is 11.1 Å². The highest BCUT2D eigenvalue weighted by molar-refractivity contribution is 9.39. The van der Waals surface area contributed by atoms with Crippen LogP contribution >= 0.6 is 107 Å². The molecule has 0 amide bonds. The molecule has 0 saturated heterocycles. The SMILES string of the molecule is BrC(Br)(Br)c1ccc(-c2nnc(-c3ccc(C(Br)(Br)Br)cc3)s2)cc1. The van der Waals surface area contributed by atoms with Crippen molar-refractivity contribution >= 4 is 107 Å². The Balaban J connectivity index is 1.85. The molecule has 0 N–H and O–H groups in total. The van der Waals surface area contributed by atoms with Gasteiger partial charge in [-0.2, -0.15) is 0 Å². The molecule has 0 spiro atoms. The predicted octanol–water partition coefficient (Wildman–Crippen LogP) is 8.46. The quantitative estimate of drug-likeness (QED) is 0.247. The molecule has 2 nitrogen and oxygen atoms in total. The second kappa shape index (κ2) is 8.09. The number of hydrogen-bond donors (Lipinski definition) is 0. The standard InChI is InChI=1S/C16H8Br6N2S/c17-15(18,19)11-5-1-9(2-6-11)13-23-24-14(25-13)10-3-7-12(8-4-10)16(20,21)22/h1-8H. The Kier molecular flexibility index (Phi) is 6.67. The molecular weight excluding hydrogens is 732 g/mol. The number of alkyl halides is 6. The maximum atomic E-state index is 4.33. The van der Waals surface area contributed by atoms with Gasteiger partial charge in [0.25, 0.3) is 0 Å². The topological polar surface area (TPSA) is 25.8 Å². The lowest BCUT2D eigenvalue weighted by atomic mass is 10.2. The molecule has 0 fully saturated rings. The van der Waals surface area contributed by atoms with Crippen molar-refractivity contribution in [2.45, 2.75) is 4.29 Å². The van der Waals surface area contributed by atoms with E-state index in [1.165, 1.54) is 0 Å². The number of benzene rings is 2. The fourth-order valence-electron chi connectivity index (χ4n) is 2.06. The predicted molar refractivity (Wildman–Crippen MR) is 128 cm³/mol. The van der Waals surface area contributed by atoms with E-state index in [0.717, 1.165) is 32.3 Å². The van der Waals surface area contributed by atoms with Crippen LogP contribution in [0.1, 0.15) is 11.1 Å². The number of hydrogen-bond acceptors (Lipinski definition) is 3. The summed E-state index contributed by atoms with van der Waals surface area (Å²) in [4.78, 5) is 0. The molecule has 0 aliphatic heterocycles. The maximum Gasteiger partial charge on any atom is 0.159 e. The molecule has 0 atom stereocenters. The van der Waals surface area contributed by atoms with Gasteiger partial charge in [-0.25, -0.2) is 0 Å². The van der Waals surface area contributed by atoms with E-state index >= 15 is 0 Å². The van der Waals surface area contributed by atoms with Crippen molar-refractivity contribution in [3.63, 3.8) is 0 Å². The summed E-state index contributed by atoms with van der Waals surface area (Å²) in [5, 5.41) is 10.5. The van der Waals surface area contributed by atoms with Gasteiger partial charge in [0.2, 0.25) is 0 Å². The minimum Gasteiger partial charge on any atom is -0.138 e. The van der Waals surface area contributed by atoms with Gasteiger partial charge in [-0.15, -0.1) is 10.2 Å². The summed E-state index contributed by atoms with van der Waals surface area (Å²) in [6.45, 7) is 0. The molecule has 25 heavy (non-hydrogen) atoms. The highest BCUT2D eigenvalue weighted by atomic mass is 80.0. The summed E-state index contributed by atoms with van der Waals surface area (Å²) >= 11 is 22.7. The molecule has 0 radical (unpaired) electrons. The van der Waals surface area contributed by atoms with Crippen LogP contribution in [-0.4, -0.2) is 10.2 Å². The molecule has 0 aliphatic carbocycles. The normalized spacial score (nSPS) is 12.4. The van der Waals surface area contributed by atoms with Crippen LogP contribution in [0.15, 0.2) is 48.5 Å². The van der Waals surface area contributed by atoms with Crippen LogP contribution in [-0.2, 0) is 4.29 Å². The first-order valence-electron chi connectivity index (χ1n) is 6.83. The average molecular weight is 740 g/mol. The largest absolute Gasteiger partial charge is 0.159 e. The number of rotatable bonds is 2. The Morgan fingerprint density at radius 3 is 1.16 bits per heavy atom. The van der Waals surface area contributed by atoms with Gasteiger partial charge in [0.05, 0.1) is 0 Å². The van der Waals surface area contributed by atoms with Crippen molar-refractivity contribution in [1.29, 1.82) is 0 Å². The lowest BCUT2D eigenvalue weighted by molar-refractivity contribution is 1.10. The molecule has 130 valence electrons. The highest BCUT2D eigenvalue weighted by Gasteiger charge is 2.22. The molecule has 3 aromatic rings. The Labute approximate surface area is 200 Å². The summed E-state index contributed by atoms with van der Waals surface area (Å²) in [5.74, 6) is 0. The van der Waals surface area contributed by atoms with E-state index in [2.05, 4.69) is 106 Å². The Bertz CT molecular complexity index is 791. The second-order valence-corrected chi connectivity index (χ2v) is 19.6. The molecule has 0 saturated carbocycles. The minimum absolute atomic E-state index is 0.408. The van der Waals surface area contributed by atoms with E-state index in [-0.39, 0.29) is 0 Å². The molecule has 0 aliphatic rings. The summed E-state index contributed by atoms with van der Waals surface area (Å²) in [6, 6.07) is 16.3. The molecule has 2 aromatic carbocycles. The summed E-state index contributed by atoms with van der Waals surface area (Å²) in [6.07, 6.45) is 0. The van der Waals surface area contributed by atoms with Gasteiger partial charge in [0.15, 0.2) is 4.29 Å². The zero-order chi connectivity index (χ0) is 18.2. The third-order valence-corrected chi connectivity index (χ3v) is 7.11. The van der Waals surface area contributed by atoms with E-state index in [4.69, 9.17) is 0 Å². The van der Waals surface area contributed by atoms with E-state index in [1.54, 1.807) is 11.3 Å². The summed E-state index contributed by atoms with van der Waals surface area (Å²) in [5.41, 5.74) is 4.22. The van der Waals surface area contributed by atoms with Crippen LogP contribution in [0, 0.1) is 0 Å². The second-order valence-electron chi connectivity index (χ2n) is 5.06. The Morgan fingerprint density at radius 2 is 0.880 bits per heavy atom. The molecule has 0 unspecified atom stereocenters. The number of nitrogens with zero attached hydrogens (tertiary/aromatic N) is 2. The lowest BCUT2D eigenvalue weighted by Crippen LogP contribution is -1.96. The van der Waals surface area contributed by atoms with Gasteiger partial charge in [0, 0.05) is 11.1 Å². The minimum atomic E-state index is -0.408. The van der Waals surface area contributed by atoms with E-state index < -0.39 is 4.29 Å². The third kappa shape index (κ3) is 5.23. The fourth-order valence-corrected chi connectivity index (χ4v) is 4.50. The molecular formula is C16H8Br6N2S. The van der Waals surface area contributed by atoms with E-state index in [9.17, 15) is 0 Å². The number of halogens is 6. The fraction of sp³-hybridized carbons (Fsp3) is 0.125. The molecule has 1 heterocycles. The van der Waals surface area contributed by atoms with Crippen LogP contribution in [0.3, 0.4) is 0 Å². The first-order chi connectivity index (χ1) is 11.6. The van der Waals surface area contributed by atoms with Crippen LogP contribution < -0.4 is 0 Å². The van der Waals surface area contributed by atoms with Crippen LogP contribution in [0.5, 0.6) is 0 Å². The van der Waals surface area contributed by atoms with E-state index in [0.29, 0.717) is 0 Å². The van der Waals surface area contributed by atoms with Crippen molar-refractivity contribution in [2.24, 2.45) is 0 Å². The zero-order valence-electron chi connectivity index (χ0n) is 12.2. The van der Waals surface area contributed by atoms with Crippen molar-refractivity contribution in [3.8, 4) is 21.1 Å². The average Bonchev–Trinajstić information content (AvgIpc) is 3.03. The van der Waals surface area contributed by atoms with Gasteiger partial charge < -0.3 is 0 Å². The van der Waals surface area contributed by atoms with Crippen molar-refractivity contribution in [3.05, 3.63) is 59.7 Å². The van der Waals surface area contributed by atoms with Gasteiger partial charge in [-0.3, -0.25) is 0 Å². The molecule has 0 bridgehead atoms. The van der Waals surface area contributed by atoms with Crippen LogP contribution in [0.4, 0.5) is 0 Å². The van der Waals surface area contributed by atoms with Gasteiger partial charge in [-0.1, -0.05) is 155 Å². The molecule has 3 rings (SSSR count). The van der Waals surface area contributed by atoms with Gasteiger partial charge in [0.1, 0.15) is 10.0 Å². The highest BCUT2D eigenvalue weighted by Crippen LogP contribution is 2.45. The van der Waals surface area contributed by atoms with E-state index in [1.807, 2.05) is 48.5 Å². The van der Waals surface area contributed by atoms with Crippen molar-refractivity contribution in [2.75, 3.05) is 0 Å². The Morgan fingerprint density at radius 1 is 0.560 bits per heavy atom. The smallest absolute Gasteiger partial charge is 0.138 e. The van der Waals surface area contributed by atoms with Crippen LogP contribution in [0.2, 0.25) is 0 Å². The van der Waals surface area contributed by atoms with Crippen LogP contribution in [0.25, 0.3) is 21.1 Å². The van der Waals surface area contributed by atoms with Crippen molar-refractivity contribution in [1.82, 2.24) is 10.2 Å². The zero-order valence-corrected chi connectivity index (χ0v) is 22.5. The first-order valence-corrected chi connectivity index (χ1v) is 12.4. The summed E-state index contributed by atoms with van der Waals surface area (Å²) < 4.78 is -0.815. The summed E-state index contributed by atoms with van der Waals surface area (Å²) in [7, 11) is 0. The monoisotopic (exact) mass is 734 g/mol. The van der Waals surface area contributed by atoms with Gasteiger partial charge >= 0.3 is 0 Å². The molecule has 9 heteroatoms. The molecule has 1 aromatic heterocycles.